The first-order valence-corrected chi connectivity index (χ1v) is 7.21. The molecule has 4 heteroatoms. The van der Waals surface area contributed by atoms with Crippen molar-refractivity contribution in [3.05, 3.63) is 53.3 Å². The van der Waals surface area contributed by atoms with Crippen molar-refractivity contribution in [2.24, 2.45) is 0 Å². The van der Waals surface area contributed by atoms with Crippen LogP contribution in [0.1, 0.15) is 35.5 Å². The minimum absolute atomic E-state index is 0.321. The van der Waals surface area contributed by atoms with Crippen molar-refractivity contribution in [3.63, 3.8) is 0 Å². The average molecular weight is 297 g/mol. The maximum absolute atomic E-state index is 11.9. The summed E-state index contributed by atoms with van der Waals surface area (Å²) in [6.07, 6.45) is 1.86. The number of aromatic nitrogens is 1. The summed E-state index contributed by atoms with van der Waals surface area (Å²) in [4.78, 5) is 11.9. The standard InChI is InChI=1S/C18H19NO3/c1-4-19-13-15(12-17(19)18(20)22-5-2)10-9-14-7-6-8-16(11-14)21-3/h6-8,11-13H,4-5H2,1-3H3. The van der Waals surface area contributed by atoms with E-state index < -0.39 is 0 Å². The highest BCUT2D eigenvalue weighted by Gasteiger charge is 2.13. The molecule has 0 saturated carbocycles. The topological polar surface area (TPSA) is 40.5 Å². The smallest absolute Gasteiger partial charge is 0.354 e. The number of rotatable bonds is 4. The Morgan fingerprint density at radius 3 is 2.64 bits per heavy atom. The van der Waals surface area contributed by atoms with Crippen LogP contribution >= 0.6 is 0 Å². The lowest BCUT2D eigenvalue weighted by molar-refractivity contribution is 0.0514. The van der Waals surface area contributed by atoms with Crippen LogP contribution in [0.5, 0.6) is 5.75 Å². The van der Waals surface area contributed by atoms with E-state index in [1.807, 2.05) is 42.0 Å². The first kappa shape index (κ1) is 15.7. The normalized spacial score (nSPS) is 9.77. The van der Waals surface area contributed by atoms with Gasteiger partial charge in [0.25, 0.3) is 0 Å². The monoisotopic (exact) mass is 297 g/mol. The summed E-state index contributed by atoms with van der Waals surface area (Å²) < 4.78 is 12.1. The maximum atomic E-state index is 11.9. The molecule has 2 rings (SSSR count). The number of benzene rings is 1. The molecular weight excluding hydrogens is 278 g/mol. The zero-order chi connectivity index (χ0) is 15.9. The molecule has 0 aliphatic rings. The second kappa shape index (κ2) is 7.37. The molecule has 0 unspecified atom stereocenters. The SMILES string of the molecule is CCOC(=O)c1cc(C#Cc2cccc(OC)c2)cn1CC. The molecule has 0 aliphatic carbocycles. The first-order valence-electron chi connectivity index (χ1n) is 7.21. The van der Waals surface area contributed by atoms with Gasteiger partial charge in [-0.3, -0.25) is 0 Å². The molecule has 4 nitrogen and oxygen atoms in total. The van der Waals surface area contributed by atoms with Gasteiger partial charge in [-0.15, -0.1) is 0 Å². The highest BCUT2D eigenvalue weighted by molar-refractivity contribution is 5.88. The summed E-state index contributed by atoms with van der Waals surface area (Å²) >= 11 is 0. The predicted molar refractivity (Wildman–Crippen MR) is 85.0 cm³/mol. The molecule has 0 spiro atoms. The van der Waals surface area contributed by atoms with Crippen molar-refractivity contribution in [1.82, 2.24) is 4.57 Å². The zero-order valence-corrected chi connectivity index (χ0v) is 13.1. The summed E-state index contributed by atoms with van der Waals surface area (Å²) in [5.74, 6) is 6.59. The lowest BCUT2D eigenvalue weighted by Crippen LogP contribution is -2.10. The Morgan fingerprint density at radius 2 is 1.95 bits per heavy atom. The highest BCUT2D eigenvalue weighted by Crippen LogP contribution is 2.13. The van der Waals surface area contributed by atoms with Crippen LogP contribution in [0.25, 0.3) is 0 Å². The molecule has 0 radical (unpaired) electrons. The molecule has 2 aromatic rings. The van der Waals surface area contributed by atoms with E-state index in [1.54, 1.807) is 20.1 Å². The maximum Gasteiger partial charge on any atom is 0.354 e. The number of aryl methyl sites for hydroxylation is 1. The highest BCUT2D eigenvalue weighted by atomic mass is 16.5. The third kappa shape index (κ3) is 3.70. The Balaban J connectivity index is 2.27. The van der Waals surface area contributed by atoms with Gasteiger partial charge in [-0.05, 0) is 38.1 Å². The Labute approximate surface area is 130 Å². The molecule has 1 aromatic heterocycles. The lowest BCUT2D eigenvalue weighted by Gasteiger charge is -2.04. The predicted octanol–water partition coefficient (Wildman–Crippen LogP) is 3.09. The number of hydrogen-bond acceptors (Lipinski definition) is 3. The Kier molecular flexibility index (Phi) is 5.26. The van der Waals surface area contributed by atoms with Crippen LogP contribution in [0.15, 0.2) is 36.5 Å². The van der Waals surface area contributed by atoms with Crippen LogP contribution in [-0.4, -0.2) is 24.3 Å². The number of carbonyl (C=O) groups excluding carboxylic acids is 1. The van der Waals surface area contributed by atoms with Gasteiger partial charge in [0.1, 0.15) is 11.4 Å². The Morgan fingerprint density at radius 1 is 1.18 bits per heavy atom. The van der Waals surface area contributed by atoms with Crippen molar-refractivity contribution < 1.29 is 14.3 Å². The number of nitrogens with zero attached hydrogens (tertiary/aromatic N) is 1. The van der Waals surface area contributed by atoms with E-state index in [4.69, 9.17) is 9.47 Å². The van der Waals surface area contributed by atoms with E-state index in [-0.39, 0.29) is 5.97 Å². The molecule has 0 amide bonds. The van der Waals surface area contributed by atoms with Gasteiger partial charge in [0, 0.05) is 23.9 Å². The third-order valence-electron chi connectivity index (χ3n) is 3.14. The minimum atomic E-state index is -0.321. The van der Waals surface area contributed by atoms with Crippen LogP contribution in [0, 0.1) is 11.8 Å². The summed E-state index contributed by atoms with van der Waals surface area (Å²) in [6, 6.07) is 9.31. The largest absolute Gasteiger partial charge is 0.497 e. The fourth-order valence-corrected chi connectivity index (χ4v) is 2.06. The first-order chi connectivity index (χ1) is 10.7. The summed E-state index contributed by atoms with van der Waals surface area (Å²) in [6.45, 7) is 4.82. The average Bonchev–Trinajstić information content (AvgIpc) is 2.97. The zero-order valence-electron chi connectivity index (χ0n) is 13.1. The number of hydrogen-bond donors (Lipinski definition) is 0. The summed E-state index contributed by atoms with van der Waals surface area (Å²) in [5, 5.41) is 0. The van der Waals surface area contributed by atoms with Crippen LogP contribution in [-0.2, 0) is 11.3 Å². The van der Waals surface area contributed by atoms with E-state index in [9.17, 15) is 4.79 Å². The molecule has 0 fully saturated rings. The van der Waals surface area contributed by atoms with Crippen molar-refractivity contribution in [1.29, 1.82) is 0 Å². The second-order valence-electron chi connectivity index (χ2n) is 4.60. The van der Waals surface area contributed by atoms with Gasteiger partial charge in [-0.25, -0.2) is 4.79 Å². The summed E-state index contributed by atoms with van der Waals surface area (Å²) in [5.41, 5.74) is 2.17. The third-order valence-corrected chi connectivity index (χ3v) is 3.14. The summed E-state index contributed by atoms with van der Waals surface area (Å²) in [7, 11) is 1.62. The molecule has 0 saturated heterocycles. The van der Waals surface area contributed by atoms with E-state index in [1.165, 1.54) is 0 Å². The van der Waals surface area contributed by atoms with Crippen molar-refractivity contribution >= 4 is 5.97 Å². The molecule has 22 heavy (non-hydrogen) atoms. The molecule has 0 atom stereocenters. The molecule has 114 valence electrons. The van der Waals surface area contributed by atoms with E-state index in [0.717, 1.165) is 16.9 Å². The van der Waals surface area contributed by atoms with Crippen molar-refractivity contribution in [2.45, 2.75) is 20.4 Å². The molecule has 0 aliphatic heterocycles. The van der Waals surface area contributed by atoms with Crippen molar-refractivity contribution in [2.75, 3.05) is 13.7 Å². The number of ether oxygens (including phenoxy) is 2. The van der Waals surface area contributed by atoms with Gasteiger partial charge in [0.15, 0.2) is 0 Å². The van der Waals surface area contributed by atoms with Crippen LogP contribution in [0.3, 0.4) is 0 Å². The lowest BCUT2D eigenvalue weighted by atomic mass is 10.2. The fourth-order valence-electron chi connectivity index (χ4n) is 2.06. The Hall–Kier alpha value is -2.67. The van der Waals surface area contributed by atoms with Crippen molar-refractivity contribution in [3.8, 4) is 17.6 Å². The van der Waals surface area contributed by atoms with Gasteiger partial charge >= 0.3 is 5.97 Å². The van der Waals surface area contributed by atoms with Gasteiger partial charge in [-0.2, -0.15) is 0 Å². The van der Waals surface area contributed by atoms with Gasteiger partial charge in [0.05, 0.1) is 13.7 Å². The van der Waals surface area contributed by atoms with Crippen LogP contribution < -0.4 is 4.74 Å². The van der Waals surface area contributed by atoms with Crippen LogP contribution in [0.2, 0.25) is 0 Å². The van der Waals surface area contributed by atoms with Gasteiger partial charge in [0.2, 0.25) is 0 Å². The molecule has 0 bridgehead atoms. The number of carbonyl (C=O) groups is 1. The fraction of sp³-hybridized carbons (Fsp3) is 0.278. The Bertz CT molecular complexity index is 719. The molecular formula is C18H19NO3. The van der Waals surface area contributed by atoms with E-state index >= 15 is 0 Å². The van der Waals surface area contributed by atoms with Gasteiger partial charge in [-0.1, -0.05) is 17.9 Å². The molecule has 1 heterocycles. The van der Waals surface area contributed by atoms with E-state index in [0.29, 0.717) is 18.8 Å². The minimum Gasteiger partial charge on any atom is -0.497 e. The molecule has 1 aromatic carbocycles. The van der Waals surface area contributed by atoms with E-state index in [2.05, 4.69) is 11.8 Å². The quantitative estimate of drug-likeness (QED) is 0.643. The number of methoxy groups -OCH3 is 1. The van der Waals surface area contributed by atoms with Gasteiger partial charge < -0.3 is 14.0 Å². The second-order valence-corrected chi connectivity index (χ2v) is 4.60. The van der Waals surface area contributed by atoms with Crippen LogP contribution in [0.4, 0.5) is 0 Å². The number of esters is 1. The molecule has 0 N–H and O–H groups in total.